The first kappa shape index (κ1) is 16.6. The predicted octanol–water partition coefficient (Wildman–Crippen LogP) is 1.49. The summed E-state index contributed by atoms with van der Waals surface area (Å²) in [5.74, 6) is -0.443. The molecule has 0 saturated heterocycles. The molecule has 0 aliphatic heterocycles. The molecule has 1 rings (SSSR count). The summed E-state index contributed by atoms with van der Waals surface area (Å²) in [4.78, 5) is 15.1. The van der Waals surface area contributed by atoms with Crippen molar-refractivity contribution < 1.29 is 9.53 Å². The van der Waals surface area contributed by atoms with Crippen molar-refractivity contribution in [3.63, 3.8) is 0 Å². The molecule has 0 radical (unpaired) electrons. The minimum Gasteiger partial charge on any atom is -0.465 e. The monoisotopic (exact) mass is 252 g/mol. The van der Waals surface area contributed by atoms with Crippen LogP contribution in [0.2, 0.25) is 0 Å². The van der Waals surface area contributed by atoms with Crippen molar-refractivity contribution in [3.05, 3.63) is 30.1 Å². The maximum atomic E-state index is 11.2. The van der Waals surface area contributed by atoms with Gasteiger partial charge in [0.25, 0.3) is 0 Å². The van der Waals surface area contributed by atoms with Crippen LogP contribution in [-0.2, 0) is 9.53 Å². The fourth-order valence-corrected chi connectivity index (χ4v) is 0.913. The summed E-state index contributed by atoms with van der Waals surface area (Å²) >= 11 is 0. The van der Waals surface area contributed by atoms with Crippen molar-refractivity contribution in [2.24, 2.45) is 5.73 Å². The molecule has 1 unspecified atom stereocenters. The highest BCUT2D eigenvalue weighted by Crippen LogP contribution is 2.07. The molecule has 2 N–H and O–H groups in total. The molecule has 1 aromatic heterocycles. The zero-order chi connectivity index (χ0) is 9.68. The summed E-state index contributed by atoms with van der Waals surface area (Å²) < 4.78 is 4.75. The second-order valence-corrected chi connectivity index (χ2v) is 2.48. The zero-order valence-electron chi connectivity index (χ0n) is 8.25. The van der Waals surface area contributed by atoms with Gasteiger partial charge in [-0.05, 0) is 19.1 Å². The molecule has 4 nitrogen and oxygen atoms in total. The van der Waals surface area contributed by atoms with Gasteiger partial charge >= 0.3 is 5.97 Å². The van der Waals surface area contributed by atoms with Crippen LogP contribution in [0.3, 0.4) is 0 Å². The largest absolute Gasteiger partial charge is 0.465 e. The van der Waals surface area contributed by atoms with Gasteiger partial charge < -0.3 is 10.5 Å². The highest BCUT2D eigenvalue weighted by molar-refractivity contribution is 5.85. The Morgan fingerprint density at radius 1 is 1.53 bits per heavy atom. The van der Waals surface area contributed by atoms with Gasteiger partial charge in [0.05, 0.1) is 12.3 Å². The third-order valence-electron chi connectivity index (χ3n) is 1.55. The van der Waals surface area contributed by atoms with Crippen LogP contribution in [0, 0.1) is 0 Å². The van der Waals surface area contributed by atoms with Gasteiger partial charge in [0, 0.05) is 6.20 Å². The molecule has 15 heavy (non-hydrogen) atoms. The summed E-state index contributed by atoms with van der Waals surface area (Å²) in [7, 11) is 0. The molecule has 0 aromatic carbocycles. The Kier molecular flexibility index (Phi) is 9.36. The topological polar surface area (TPSA) is 65.2 Å². The lowest BCUT2D eigenvalue weighted by atomic mass is 10.2. The van der Waals surface area contributed by atoms with Crippen molar-refractivity contribution >= 4 is 30.8 Å². The van der Waals surface area contributed by atoms with Crippen LogP contribution in [0.4, 0.5) is 0 Å². The maximum Gasteiger partial charge on any atom is 0.329 e. The van der Waals surface area contributed by atoms with E-state index in [1.165, 1.54) is 0 Å². The zero-order valence-corrected chi connectivity index (χ0v) is 9.88. The molecule has 86 valence electrons. The lowest BCUT2D eigenvalue weighted by Crippen LogP contribution is -2.24. The SMILES string of the molecule is CCOC(=O)C(N)c1ccccn1.Cl.Cl. The summed E-state index contributed by atoms with van der Waals surface area (Å²) in [6, 6.07) is 4.46. The maximum absolute atomic E-state index is 11.2. The highest BCUT2D eigenvalue weighted by Gasteiger charge is 2.17. The number of esters is 1. The second kappa shape index (κ2) is 8.47. The number of hydrogen-bond acceptors (Lipinski definition) is 4. The van der Waals surface area contributed by atoms with Crippen LogP contribution in [0.5, 0.6) is 0 Å². The van der Waals surface area contributed by atoms with E-state index in [1.54, 1.807) is 31.3 Å². The number of nitrogens with zero attached hydrogens (tertiary/aromatic N) is 1. The van der Waals surface area contributed by atoms with Crippen LogP contribution in [0.15, 0.2) is 24.4 Å². The van der Waals surface area contributed by atoms with Gasteiger partial charge in [0.2, 0.25) is 0 Å². The Balaban J connectivity index is 0. The van der Waals surface area contributed by atoms with Gasteiger partial charge in [-0.1, -0.05) is 6.07 Å². The number of carbonyl (C=O) groups is 1. The molecule has 0 aliphatic rings. The molecular formula is C9H14Cl2N2O2. The molecule has 0 spiro atoms. The van der Waals surface area contributed by atoms with E-state index in [0.29, 0.717) is 12.3 Å². The Bertz CT molecular complexity index is 283. The van der Waals surface area contributed by atoms with E-state index in [0.717, 1.165) is 0 Å². The standard InChI is InChI=1S/C9H12N2O2.2ClH/c1-2-13-9(12)8(10)7-5-3-4-6-11-7;;/h3-6,8H,2,10H2,1H3;2*1H. The van der Waals surface area contributed by atoms with Crippen molar-refractivity contribution in [2.45, 2.75) is 13.0 Å². The van der Waals surface area contributed by atoms with Crippen LogP contribution in [0.25, 0.3) is 0 Å². The van der Waals surface area contributed by atoms with Gasteiger partial charge in [0.1, 0.15) is 6.04 Å². The van der Waals surface area contributed by atoms with Gasteiger partial charge in [-0.3, -0.25) is 4.98 Å². The third kappa shape index (κ3) is 4.97. The Labute approximate surface area is 101 Å². The van der Waals surface area contributed by atoms with Crippen LogP contribution in [-0.4, -0.2) is 17.6 Å². The van der Waals surface area contributed by atoms with E-state index in [-0.39, 0.29) is 24.8 Å². The third-order valence-corrected chi connectivity index (χ3v) is 1.55. The number of nitrogens with two attached hydrogens (primary N) is 1. The summed E-state index contributed by atoms with van der Waals surface area (Å²) in [5, 5.41) is 0. The minimum atomic E-state index is -0.777. The molecule has 0 amide bonds. The van der Waals surface area contributed by atoms with Crippen LogP contribution < -0.4 is 5.73 Å². The van der Waals surface area contributed by atoms with Crippen molar-refractivity contribution in [2.75, 3.05) is 6.61 Å². The van der Waals surface area contributed by atoms with Gasteiger partial charge in [0.15, 0.2) is 0 Å². The summed E-state index contributed by atoms with van der Waals surface area (Å²) in [6.45, 7) is 2.07. The van der Waals surface area contributed by atoms with E-state index in [9.17, 15) is 4.79 Å². The fraction of sp³-hybridized carbons (Fsp3) is 0.333. The Morgan fingerprint density at radius 2 is 2.20 bits per heavy atom. The normalized spacial score (nSPS) is 10.5. The van der Waals surface area contributed by atoms with E-state index < -0.39 is 12.0 Å². The summed E-state index contributed by atoms with van der Waals surface area (Å²) in [5.41, 5.74) is 6.12. The number of hydrogen-bond donors (Lipinski definition) is 1. The molecule has 1 atom stereocenters. The Morgan fingerprint density at radius 3 is 2.67 bits per heavy atom. The number of aromatic nitrogens is 1. The minimum absolute atomic E-state index is 0. The van der Waals surface area contributed by atoms with E-state index in [1.807, 2.05) is 0 Å². The predicted molar refractivity (Wildman–Crippen MR) is 62.3 cm³/mol. The molecular weight excluding hydrogens is 239 g/mol. The molecule has 0 aliphatic carbocycles. The average molecular weight is 253 g/mol. The first-order valence-electron chi connectivity index (χ1n) is 4.09. The molecule has 0 saturated carbocycles. The number of pyridine rings is 1. The molecule has 0 bridgehead atoms. The van der Waals surface area contributed by atoms with E-state index >= 15 is 0 Å². The number of rotatable bonds is 3. The second-order valence-electron chi connectivity index (χ2n) is 2.48. The van der Waals surface area contributed by atoms with Crippen molar-refractivity contribution in [1.29, 1.82) is 0 Å². The van der Waals surface area contributed by atoms with E-state index in [2.05, 4.69) is 4.98 Å². The average Bonchev–Trinajstić information content (AvgIpc) is 2.18. The Hall–Kier alpha value is -0.840. The van der Waals surface area contributed by atoms with Crippen LogP contribution in [0.1, 0.15) is 18.7 Å². The smallest absolute Gasteiger partial charge is 0.329 e. The van der Waals surface area contributed by atoms with Crippen molar-refractivity contribution in [1.82, 2.24) is 4.98 Å². The fourth-order valence-electron chi connectivity index (χ4n) is 0.913. The molecule has 6 heteroatoms. The van der Waals surface area contributed by atoms with Gasteiger partial charge in [-0.2, -0.15) is 0 Å². The lowest BCUT2D eigenvalue weighted by Gasteiger charge is -2.08. The van der Waals surface area contributed by atoms with Crippen molar-refractivity contribution in [3.8, 4) is 0 Å². The molecule has 1 heterocycles. The number of halogens is 2. The van der Waals surface area contributed by atoms with E-state index in [4.69, 9.17) is 10.5 Å². The lowest BCUT2D eigenvalue weighted by molar-refractivity contribution is -0.144. The first-order valence-corrected chi connectivity index (χ1v) is 4.09. The molecule has 0 fully saturated rings. The van der Waals surface area contributed by atoms with Gasteiger partial charge in [-0.25, -0.2) is 4.79 Å². The summed E-state index contributed by atoms with van der Waals surface area (Å²) in [6.07, 6.45) is 1.59. The number of carbonyl (C=O) groups excluding carboxylic acids is 1. The quantitative estimate of drug-likeness (QED) is 0.829. The molecule has 1 aromatic rings. The number of ether oxygens (including phenoxy) is 1. The van der Waals surface area contributed by atoms with Gasteiger partial charge in [-0.15, -0.1) is 24.8 Å². The highest BCUT2D eigenvalue weighted by atomic mass is 35.5. The first-order chi connectivity index (χ1) is 6.25. The van der Waals surface area contributed by atoms with Crippen LogP contribution >= 0.6 is 24.8 Å².